The molecule has 116 valence electrons. The first-order chi connectivity index (χ1) is 10.7. The summed E-state index contributed by atoms with van der Waals surface area (Å²) in [6.45, 7) is 1.38. The fourth-order valence-electron chi connectivity index (χ4n) is 1.80. The highest BCUT2D eigenvalue weighted by Gasteiger charge is 2.00. The molecule has 0 unspecified atom stereocenters. The largest absolute Gasteiger partial charge is 0.356 e. The van der Waals surface area contributed by atoms with Gasteiger partial charge in [0, 0.05) is 32.5 Å². The van der Waals surface area contributed by atoms with Crippen molar-refractivity contribution in [1.29, 1.82) is 0 Å². The molecule has 0 aromatic carbocycles. The highest BCUT2D eigenvalue weighted by molar-refractivity contribution is 6.29. The molecule has 2 rings (SSSR count). The molecule has 0 aliphatic carbocycles. The second kappa shape index (κ2) is 8.56. The molecule has 2 aromatic heterocycles. The van der Waals surface area contributed by atoms with E-state index in [-0.39, 0.29) is 0 Å². The zero-order valence-corrected chi connectivity index (χ0v) is 13.7. The van der Waals surface area contributed by atoms with Gasteiger partial charge in [0.1, 0.15) is 10.3 Å². The van der Waals surface area contributed by atoms with Crippen LogP contribution in [0.15, 0.2) is 41.7 Å². The van der Waals surface area contributed by atoms with E-state index < -0.39 is 0 Å². The summed E-state index contributed by atoms with van der Waals surface area (Å²) < 4.78 is 0. The molecule has 0 fully saturated rings. The Labute approximate surface area is 139 Å². The molecular formula is C15H17Cl2N5. The van der Waals surface area contributed by atoms with Crippen molar-refractivity contribution in [3.63, 3.8) is 0 Å². The number of rotatable bonds is 5. The molecule has 0 spiro atoms. The molecule has 0 amide bonds. The fraction of sp³-hybridized carbons (Fsp3) is 0.267. The number of hydrogen-bond acceptors (Lipinski definition) is 3. The molecule has 2 heterocycles. The molecule has 0 radical (unpaired) electrons. The number of halogens is 2. The Morgan fingerprint density at radius 1 is 1.00 bits per heavy atom. The van der Waals surface area contributed by atoms with Crippen molar-refractivity contribution in [2.45, 2.75) is 13.0 Å². The van der Waals surface area contributed by atoms with Crippen molar-refractivity contribution >= 4 is 29.2 Å². The van der Waals surface area contributed by atoms with Gasteiger partial charge in [-0.1, -0.05) is 35.3 Å². The third-order valence-electron chi connectivity index (χ3n) is 2.97. The highest BCUT2D eigenvalue weighted by atomic mass is 35.5. The van der Waals surface area contributed by atoms with Crippen LogP contribution < -0.4 is 10.6 Å². The number of nitrogens with zero attached hydrogens (tertiary/aromatic N) is 3. The molecular weight excluding hydrogens is 321 g/mol. The van der Waals surface area contributed by atoms with Crippen LogP contribution in [0.25, 0.3) is 0 Å². The van der Waals surface area contributed by atoms with E-state index in [1.54, 1.807) is 31.6 Å². The molecule has 7 heteroatoms. The summed E-state index contributed by atoms with van der Waals surface area (Å²) in [7, 11) is 1.74. The summed E-state index contributed by atoms with van der Waals surface area (Å²) in [5, 5.41) is 7.46. The topological polar surface area (TPSA) is 62.2 Å². The van der Waals surface area contributed by atoms with Crippen molar-refractivity contribution < 1.29 is 0 Å². The van der Waals surface area contributed by atoms with Gasteiger partial charge in [-0.3, -0.25) is 4.99 Å². The molecule has 2 N–H and O–H groups in total. The Morgan fingerprint density at radius 3 is 2.18 bits per heavy atom. The Morgan fingerprint density at radius 2 is 1.64 bits per heavy atom. The average Bonchev–Trinajstić information content (AvgIpc) is 2.54. The molecule has 0 saturated carbocycles. The van der Waals surface area contributed by atoms with Crippen molar-refractivity contribution in [3.05, 3.63) is 58.1 Å². The molecule has 0 bridgehead atoms. The Hall–Kier alpha value is -1.85. The van der Waals surface area contributed by atoms with Gasteiger partial charge in [0.05, 0.1) is 0 Å². The van der Waals surface area contributed by atoms with E-state index in [2.05, 4.69) is 25.6 Å². The number of nitrogens with one attached hydrogen (secondary N) is 2. The molecule has 5 nitrogen and oxygen atoms in total. The average molecular weight is 338 g/mol. The van der Waals surface area contributed by atoms with Crippen LogP contribution in [-0.2, 0) is 13.0 Å². The molecule has 22 heavy (non-hydrogen) atoms. The minimum atomic E-state index is 0.489. The third kappa shape index (κ3) is 5.50. The smallest absolute Gasteiger partial charge is 0.191 e. The number of aromatic nitrogens is 2. The van der Waals surface area contributed by atoms with E-state index in [4.69, 9.17) is 23.2 Å². The summed E-state index contributed by atoms with van der Waals surface area (Å²) in [5.74, 6) is 0.733. The number of hydrogen-bond donors (Lipinski definition) is 2. The predicted octanol–water partition coefficient (Wildman–Crippen LogP) is 2.69. The maximum absolute atomic E-state index is 5.76. The first kappa shape index (κ1) is 16.5. The quantitative estimate of drug-likeness (QED) is 0.500. The lowest BCUT2D eigenvalue weighted by Gasteiger charge is -2.11. The van der Waals surface area contributed by atoms with Crippen molar-refractivity contribution in [2.24, 2.45) is 4.99 Å². The molecule has 0 aliphatic rings. The summed E-state index contributed by atoms with van der Waals surface area (Å²) in [4.78, 5) is 12.3. The van der Waals surface area contributed by atoms with Crippen LogP contribution in [-0.4, -0.2) is 29.5 Å². The zero-order valence-electron chi connectivity index (χ0n) is 12.2. The highest BCUT2D eigenvalue weighted by Crippen LogP contribution is 2.06. The lowest BCUT2D eigenvalue weighted by Crippen LogP contribution is -2.37. The Bertz CT molecular complexity index is 611. The minimum Gasteiger partial charge on any atom is -0.356 e. The summed E-state index contributed by atoms with van der Waals surface area (Å²) in [6, 6.07) is 7.45. The summed E-state index contributed by atoms with van der Waals surface area (Å²) in [6.07, 6.45) is 4.36. The second-order valence-corrected chi connectivity index (χ2v) is 5.36. The van der Waals surface area contributed by atoms with E-state index in [0.29, 0.717) is 16.9 Å². The van der Waals surface area contributed by atoms with Gasteiger partial charge in [-0.2, -0.15) is 0 Å². The van der Waals surface area contributed by atoms with Gasteiger partial charge in [-0.05, 0) is 29.7 Å². The third-order valence-corrected chi connectivity index (χ3v) is 3.41. The van der Waals surface area contributed by atoms with Gasteiger partial charge >= 0.3 is 0 Å². The molecule has 0 atom stereocenters. The van der Waals surface area contributed by atoms with Crippen LogP contribution in [0.3, 0.4) is 0 Å². The van der Waals surface area contributed by atoms with E-state index in [1.807, 2.05) is 12.1 Å². The lowest BCUT2D eigenvalue weighted by molar-refractivity contribution is 0.791. The lowest BCUT2D eigenvalue weighted by atomic mass is 10.2. The van der Waals surface area contributed by atoms with Gasteiger partial charge in [-0.15, -0.1) is 0 Å². The van der Waals surface area contributed by atoms with Crippen molar-refractivity contribution in [2.75, 3.05) is 13.6 Å². The van der Waals surface area contributed by atoms with Crippen LogP contribution >= 0.6 is 23.2 Å². The van der Waals surface area contributed by atoms with E-state index in [1.165, 1.54) is 0 Å². The summed E-state index contributed by atoms with van der Waals surface area (Å²) in [5.41, 5.74) is 2.16. The molecule has 0 saturated heterocycles. The number of guanidine groups is 1. The van der Waals surface area contributed by atoms with Gasteiger partial charge in [0.25, 0.3) is 0 Å². The van der Waals surface area contributed by atoms with Crippen LogP contribution in [0.5, 0.6) is 0 Å². The number of pyridine rings is 2. The first-order valence-corrected chi connectivity index (χ1v) is 7.58. The number of aliphatic imine (C=N–C) groups is 1. The maximum Gasteiger partial charge on any atom is 0.191 e. The van der Waals surface area contributed by atoms with Gasteiger partial charge < -0.3 is 10.6 Å². The standard InChI is InChI=1S/C15H17Cl2N5/c1-18-15(22-10-12-3-5-14(17)21-9-12)19-7-6-11-2-4-13(16)20-8-11/h2-5,8-9H,6-7,10H2,1H3,(H2,18,19,22). The predicted molar refractivity (Wildman–Crippen MR) is 90.4 cm³/mol. The molecule has 0 aliphatic heterocycles. The fourth-order valence-corrected chi connectivity index (χ4v) is 2.02. The van der Waals surface area contributed by atoms with E-state index in [0.717, 1.165) is 30.1 Å². The van der Waals surface area contributed by atoms with Crippen LogP contribution in [0.1, 0.15) is 11.1 Å². The summed E-state index contributed by atoms with van der Waals surface area (Å²) >= 11 is 11.5. The van der Waals surface area contributed by atoms with Gasteiger partial charge in [-0.25, -0.2) is 9.97 Å². The van der Waals surface area contributed by atoms with Crippen LogP contribution in [0, 0.1) is 0 Å². The monoisotopic (exact) mass is 337 g/mol. The Balaban J connectivity index is 1.75. The van der Waals surface area contributed by atoms with Gasteiger partial charge in [0.2, 0.25) is 0 Å². The second-order valence-electron chi connectivity index (χ2n) is 4.58. The van der Waals surface area contributed by atoms with E-state index in [9.17, 15) is 0 Å². The van der Waals surface area contributed by atoms with Crippen molar-refractivity contribution in [1.82, 2.24) is 20.6 Å². The molecule has 2 aromatic rings. The normalized spacial score (nSPS) is 11.3. The zero-order chi connectivity index (χ0) is 15.8. The first-order valence-electron chi connectivity index (χ1n) is 6.83. The van der Waals surface area contributed by atoms with Crippen LogP contribution in [0.2, 0.25) is 10.3 Å². The Kier molecular flexibility index (Phi) is 6.43. The van der Waals surface area contributed by atoms with E-state index >= 15 is 0 Å². The minimum absolute atomic E-state index is 0.489. The SMILES string of the molecule is CN=C(NCCc1ccc(Cl)nc1)NCc1ccc(Cl)nc1. The maximum atomic E-state index is 5.76. The van der Waals surface area contributed by atoms with Gasteiger partial charge in [0.15, 0.2) is 5.96 Å². The van der Waals surface area contributed by atoms with Crippen molar-refractivity contribution in [3.8, 4) is 0 Å². The van der Waals surface area contributed by atoms with Crippen LogP contribution in [0.4, 0.5) is 0 Å².